The molecule has 0 saturated carbocycles. The monoisotopic (exact) mass is 484 g/mol. The molecule has 0 spiro atoms. The SMILES string of the molecule is C=C(N[C@@H](C)c1ccc(-c2scnc2C)cc1)[C@@H]1C[C@@H](O)CN1C(=O)[C@@H](NC(C)=O)C(C)(C)C. The predicted molar refractivity (Wildman–Crippen MR) is 136 cm³/mol. The molecule has 8 heteroatoms. The van der Waals surface area contributed by atoms with Gasteiger partial charge >= 0.3 is 0 Å². The van der Waals surface area contributed by atoms with E-state index in [1.165, 1.54) is 11.8 Å². The highest BCUT2D eigenvalue weighted by molar-refractivity contribution is 7.13. The Bertz CT molecular complexity index is 1040. The topological polar surface area (TPSA) is 94.6 Å². The third-order valence-corrected chi connectivity index (χ3v) is 7.22. The predicted octanol–water partition coefficient (Wildman–Crippen LogP) is 3.80. The Morgan fingerprint density at radius 2 is 1.88 bits per heavy atom. The largest absolute Gasteiger partial charge is 0.391 e. The van der Waals surface area contributed by atoms with Crippen molar-refractivity contribution in [2.45, 2.75) is 72.2 Å². The Hall–Kier alpha value is -2.71. The average Bonchev–Trinajstić information content (AvgIpc) is 3.36. The van der Waals surface area contributed by atoms with Gasteiger partial charge in [0.15, 0.2) is 0 Å². The quantitative estimate of drug-likeness (QED) is 0.556. The molecule has 0 unspecified atom stereocenters. The van der Waals surface area contributed by atoms with Crippen LogP contribution in [0.3, 0.4) is 0 Å². The molecule has 3 rings (SSSR count). The van der Waals surface area contributed by atoms with Crippen molar-refractivity contribution < 1.29 is 14.7 Å². The summed E-state index contributed by atoms with van der Waals surface area (Å²) in [6.07, 6.45) is -0.229. The third-order valence-electron chi connectivity index (χ3n) is 6.25. The van der Waals surface area contributed by atoms with E-state index in [9.17, 15) is 14.7 Å². The van der Waals surface area contributed by atoms with Crippen molar-refractivity contribution in [3.05, 3.63) is 53.3 Å². The summed E-state index contributed by atoms with van der Waals surface area (Å²) < 4.78 is 0. The molecule has 2 amide bonds. The Labute approximate surface area is 206 Å². The number of nitrogens with zero attached hydrogens (tertiary/aromatic N) is 2. The van der Waals surface area contributed by atoms with Gasteiger partial charge in [-0.25, -0.2) is 4.98 Å². The number of benzene rings is 1. The number of β-amino-alcohol motifs (C(OH)–C–C–N with tert-alkyl or cyclic N) is 1. The Balaban J connectivity index is 1.72. The van der Waals surface area contributed by atoms with Gasteiger partial charge in [0.2, 0.25) is 11.8 Å². The Morgan fingerprint density at radius 1 is 1.24 bits per heavy atom. The molecule has 3 N–H and O–H groups in total. The molecule has 184 valence electrons. The summed E-state index contributed by atoms with van der Waals surface area (Å²) in [6, 6.07) is 7.26. The zero-order valence-electron chi connectivity index (χ0n) is 20.9. The molecule has 1 saturated heterocycles. The van der Waals surface area contributed by atoms with Gasteiger partial charge in [-0.1, -0.05) is 51.6 Å². The van der Waals surface area contributed by atoms with Crippen LogP contribution in [0.4, 0.5) is 0 Å². The highest BCUT2D eigenvalue weighted by atomic mass is 32.1. The molecule has 2 heterocycles. The van der Waals surface area contributed by atoms with Crippen LogP contribution in [-0.2, 0) is 9.59 Å². The smallest absolute Gasteiger partial charge is 0.246 e. The minimum Gasteiger partial charge on any atom is -0.391 e. The number of aliphatic hydroxyl groups is 1. The zero-order chi connectivity index (χ0) is 25.2. The lowest BCUT2D eigenvalue weighted by Gasteiger charge is -2.36. The number of aliphatic hydroxyl groups excluding tert-OH is 1. The van der Waals surface area contributed by atoms with Crippen molar-refractivity contribution in [3.8, 4) is 10.4 Å². The van der Waals surface area contributed by atoms with E-state index in [1.54, 1.807) is 16.2 Å². The van der Waals surface area contributed by atoms with Gasteiger partial charge in [-0.05, 0) is 30.4 Å². The van der Waals surface area contributed by atoms with Crippen LogP contribution in [0.2, 0.25) is 0 Å². The van der Waals surface area contributed by atoms with Crippen molar-refractivity contribution in [1.82, 2.24) is 20.5 Å². The van der Waals surface area contributed by atoms with Crippen molar-refractivity contribution in [2.24, 2.45) is 5.41 Å². The first-order chi connectivity index (χ1) is 15.9. The van der Waals surface area contributed by atoms with Crippen LogP contribution in [0.5, 0.6) is 0 Å². The van der Waals surface area contributed by atoms with E-state index in [2.05, 4.69) is 46.5 Å². The van der Waals surface area contributed by atoms with Crippen molar-refractivity contribution in [2.75, 3.05) is 6.54 Å². The van der Waals surface area contributed by atoms with Gasteiger partial charge in [-0.15, -0.1) is 11.3 Å². The Morgan fingerprint density at radius 3 is 2.41 bits per heavy atom. The molecule has 4 atom stereocenters. The van der Waals surface area contributed by atoms with Crippen LogP contribution in [0.15, 0.2) is 42.1 Å². The minimum atomic E-state index is -0.689. The van der Waals surface area contributed by atoms with Crippen LogP contribution >= 0.6 is 11.3 Å². The average molecular weight is 485 g/mol. The standard InChI is InChI=1S/C26H36N4O3S/c1-15(19-8-10-20(11-9-19)23-17(3)27-14-34-23)28-16(2)22-12-21(32)13-30(22)25(33)24(26(5,6)7)29-18(4)31/h8-11,14-15,21-22,24,28,32H,2,12-13H2,1,3-7H3,(H,29,31)/t15-,21+,22-,24+/m0/s1. The zero-order valence-corrected chi connectivity index (χ0v) is 21.7. The number of likely N-dealkylation sites (tertiary alicyclic amines) is 1. The summed E-state index contributed by atoms with van der Waals surface area (Å²) in [5, 5.41) is 16.6. The second-order valence-electron chi connectivity index (χ2n) is 10.2. The molecule has 0 bridgehead atoms. The second-order valence-corrected chi connectivity index (χ2v) is 11.0. The summed E-state index contributed by atoms with van der Waals surface area (Å²) >= 11 is 1.63. The fraction of sp³-hybridized carbons (Fsp3) is 0.500. The number of rotatable bonds is 7. The van der Waals surface area contributed by atoms with Crippen LogP contribution < -0.4 is 10.6 Å². The number of hydrogen-bond donors (Lipinski definition) is 3. The number of hydrogen-bond acceptors (Lipinski definition) is 6. The summed E-state index contributed by atoms with van der Waals surface area (Å²) in [5.41, 5.74) is 5.31. The molecular weight excluding hydrogens is 448 g/mol. The molecule has 2 aromatic rings. The van der Waals surface area contributed by atoms with Crippen molar-refractivity contribution >= 4 is 23.2 Å². The van der Waals surface area contributed by atoms with Gasteiger partial charge in [-0.3, -0.25) is 9.59 Å². The first-order valence-electron chi connectivity index (χ1n) is 11.6. The molecule has 34 heavy (non-hydrogen) atoms. The lowest BCUT2D eigenvalue weighted by molar-refractivity contribution is -0.139. The molecule has 1 aliphatic rings. The summed E-state index contributed by atoms with van der Waals surface area (Å²) in [6.45, 7) is 15.6. The number of aryl methyl sites for hydroxylation is 1. The molecular formula is C26H36N4O3S. The molecule has 1 fully saturated rings. The van der Waals surface area contributed by atoms with Crippen LogP contribution in [0, 0.1) is 12.3 Å². The maximum absolute atomic E-state index is 13.4. The maximum Gasteiger partial charge on any atom is 0.246 e. The highest BCUT2D eigenvalue weighted by Gasteiger charge is 2.42. The normalized spacial score (nSPS) is 20.0. The van der Waals surface area contributed by atoms with E-state index < -0.39 is 17.6 Å². The van der Waals surface area contributed by atoms with Crippen molar-refractivity contribution in [3.63, 3.8) is 0 Å². The van der Waals surface area contributed by atoms with Crippen molar-refractivity contribution in [1.29, 1.82) is 0 Å². The first-order valence-corrected chi connectivity index (χ1v) is 12.5. The highest BCUT2D eigenvalue weighted by Crippen LogP contribution is 2.30. The number of carbonyl (C=O) groups excluding carboxylic acids is 2. The van der Waals surface area contributed by atoms with E-state index in [4.69, 9.17) is 0 Å². The van der Waals surface area contributed by atoms with Gasteiger partial charge in [0, 0.05) is 31.6 Å². The minimum absolute atomic E-state index is 0.0347. The van der Waals surface area contributed by atoms with E-state index >= 15 is 0 Å². The Kier molecular flexibility index (Phi) is 7.83. The van der Waals surface area contributed by atoms with E-state index in [0.29, 0.717) is 12.1 Å². The number of carbonyl (C=O) groups is 2. The van der Waals surface area contributed by atoms with Gasteiger partial charge in [0.25, 0.3) is 0 Å². The number of aromatic nitrogens is 1. The molecule has 0 aliphatic carbocycles. The first kappa shape index (κ1) is 25.9. The summed E-state index contributed by atoms with van der Waals surface area (Å²) in [5.74, 6) is -0.462. The van der Waals surface area contributed by atoms with Crippen LogP contribution in [0.25, 0.3) is 10.4 Å². The summed E-state index contributed by atoms with van der Waals surface area (Å²) in [4.78, 5) is 32.3. The molecule has 1 aliphatic heterocycles. The van der Waals surface area contributed by atoms with Gasteiger partial charge in [-0.2, -0.15) is 0 Å². The molecule has 1 aromatic carbocycles. The fourth-order valence-electron chi connectivity index (χ4n) is 4.37. The van der Waals surface area contributed by atoms with Gasteiger partial charge < -0.3 is 20.6 Å². The number of nitrogens with one attached hydrogen (secondary N) is 2. The van der Waals surface area contributed by atoms with E-state index in [-0.39, 0.29) is 30.4 Å². The van der Waals surface area contributed by atoms with E-state index in [0.717, 1.165) is 16.8 Å². The maximum atomic E-state index is 13.4. The van der Waals surface area contributed by atoms with Crippen LogP contribution in [0.1, 0.15) is 58.3 Å². The van der Waals surface area contributed by atoms with Gasteiger partial charge in [0.1, 0.15) is 6.04 Å². The number of thiazole rings is 1. The fourth-order valence-corrected chi connectivity index (χ4v) is 5.18. The molecule has 7 nitrogen and oxygen atoms in total. The number of amides is 2. The lowest BCUT2D eigenvalue weighted by atomic mass is 9.85. The second kappa shape index (κ2) is 10.3. The van der Waals surface area contributed by atoms with Crippen LogP contribution in [-0.4, -0.2) is 51.5 Å². The third kappa shape index (κ3) is 5.85. The summed E-state index contributed by atoms with van der Waals surface area (Å²) in [7, 11) is 0. The van der Waals surface area contributed by atoms with Gasteiger partial charge in [0.05, 0.1) is 28.2 Å². The van der Waals surface area contributed by atoms with E-state index in [1.807, 2.05) is 40.1 Å². The molecule has 1 aromatic heterocycles. The lowest BCUT2D eigenvalue weighted by Crippen LogP contribution is -2.56. The molecule has 0 radical (unpaired) electrons.